The van der Waals surface area contributed by atoms with E-state index < -0.39 is 0 Å². The summed E-state index contributed by atoms with van der Waals surface area (Å²) in [6.07, 6.45) is 2.22. The van der Waals surface area contributed by atoms with Gasteiger partial charge >= 0.3 is 0 Å². The molecule has 1 aliphatic rings. The van der Waals surface area contributed by atoms with E-state index in [0.717, 1.165) is 12.8 Å². The largest absolute Gasteiger partial charge is 0.338 e. The minimum atomic E-state index is -0.145. The first-order valence-electron chi connectivity index (χ1n) is 3.84. The van der Waals surface area contributed by atoms with E-state index in [2.05, 4.69) is 5.32 Å². The lowest BCUT2D eigenvalue weighted by atomic mass is 10.3. The van der Waals surface area contributed by atoms with Crippen LogP contribution in [0.5, 0.6) is 0 Å². The molecule has 0 spiro atoms. The topological polar surface area (TPSA) is 49.4 Å². The van der Waals surface area contributed by atoms with Crippen molar-refractivity contribution in [1.82, 2.24) is 10.2 Å². The zero-order valence-electron chi connectivity index (χ0n) is 6.62. The molecule has 12 heavy (non-hydrogen) atoms. The van der Waals surface area contributed by atoms with Gasteiger partial charge in [0.1, 0.15) is 12.0 Å². The lowest BCUT2D eigenvalue weighted by Gasteiger charge is -2.22. The van der Waals surface area contributed by atoms with Crippen LogP contribution in [0, 0.1) is 0 Å². The van der Waals surface area contributed by atoms with Gasteiger partial charge < -0.3 is 10.2 Å². The maximum Gasteiger partial charge on any atom is 0.239 e. The highest BCUT2D eigenvalue weighted by molar-refractivity contribution is 6.27. The first-order valence-corrected chi connectivity index (χ1v) is 4.38. The summed E-state index contributed by atoms with van der Waals surface area (Å²) in [5, 5.41) is 2.58. The highest BCUT2D eigenvalue weighted by atomic mass is 35.5. The molecule has 68 valence electrons. The normalized spacial score (nSPS) is 22.4. The Hall–Kier alpha value is -0.770. The summed E-state index contributed by atoms with van der Waals surface area (Å²) >= 11 is 5.39. The molecule has 0 aliphatic carbocycles. The van der Waals surface area contributed by atoms with Crippen LogP contribution in [-0.2, 0) is 9.59 Å². The van der Waals surface area contributed by atoms with Gasteiger partial charge in [-0.05, 0) is 12.8 Å². The second-order valence-electron chi connectivity index (χ2n) is 2.66. The maximum atomic E-state index is 11.1. The Bertz CT molecular complexity index is 186. The van der Waals surface area contributed by atoms with Gasteiger partial charge in [0.25, 0.3) is 0 Å². The van der Waals surface area contributed by atoms with Gasteiger partial charge in [0.15, 0.2) is 0 Å². The fourth-order valence-corrected chi connectivity index (χ4v) is 1.55. The Morgan fingerprint density at radius 1 is 1.75 bits per heavy atom. The Morgan fingerprint density at radius 3 is 3.08 bits per heavy atom. The molecule has 0 saturated carbocycles. The first kappa shape index (κ1) is 9.32. The lowest BCUT2D eigenvalue weighted by molar-refractivity contribution is -0.130. The monoisotopic (exact) mass is 190 g/mol. The summed E-state index contributed by atoms with van der Waals surface area (Å²) in [7, 11) is 0. The molecule has 1 N–H and O–H groups in total. The number of carbonyl (C=O) groups excluding carboxylic acids is 2. The SMILES string of the molecule is O=CN[C@@H]1CCCN1C(=O)CCl. The number of nitrogens with one attached hydrogen (secondary N) is 1. The van der Waals surface area contributed by atoms with Crippen molar-refractivity contribution in [2.45, 2.75) is 19.0 Å². The number of alkyl halides is 1. The molecule has 0 radical (unpaired) electrons. The van der Waals surface area contributed by atoms with E-state index in [1.807, 2.05) is 0 Å². The van der Waals surface area contributed by atoms with Gasteiger partial charge in [0, 0.05) is 6.54 Å². The van der Waals surface area contributed by atoms with Crippen molar-refractivity contribution >= 4 is 23.9 Å². The highest BCUT2D eigenvalue weighted by Gasteiger charge is 2.27. The zero-order valence-corrected chi connectivity index (χ0v) is 7.38. The number of carbonyl (C=O) groups is 2. The minimum absolute atomic E-state index is 0.0168. The molecule has 1 heterocycles. The number of hydrogen-bond acceptors (Lipinski definition) is 2. The van der Waals surface area contributed by atoms with Crippen molar-refractivity contribution in [3.8, 4) is 0 Å². The van der Waals surface area contributed by atoms with Crippen molar-refractivity contribution in [2.24, 2.45) is 0 Å². The van der Waals surface area contributed by atoms with Gasteiger partial charge in [-0.2, -0.15) is 0 Å². The molecule has 0 aromatic heterocycles. The average Bonchev–Trinajstić information content (AvgIpc) is 2.52. The summed E-state index contributed by atoms with van der Waals surface area (Å²) in [6, 6.07) is 0. The smallest absolute Gasteiger partial charge is 0.239 e. The number of likely N-dealkylation sites (tertiary alicyclic amines) is 1. The minimum Gasteiger partial charge on any atom is -0.338 e. The summed E-state index contributed by atoms with van der Waals surface area (Å²) in [4.78, 5) is 22.9. The predicted molar refractivity (Wildman–Crippen MR) is 44.7 cm³/mol. The fraction of sp³-hybridized carbons (Fsp3) is 0.714. The molecule has 1 saturated heterocycles. The molecular formula is C7H11ClN2O2. The quantitative estimate of drug-likeness (QED) is 0.500. The summed E-state index contributed by atoms with van der Waals surface area (Å²) in [6.45, 7) is 0.692. The summed E-state index contributed by atoms with van der Waals surface area (Å²) < 4.78 is 0. The Labute approximate surface area is 75.9 Å². The molecule has 0 bridgehead atoms. The van der Waals surface area contributed by atoms with E-state index in [9.17, 15) is 9.59 Å². The van der Waals surface area contributed by atoms with E-state index in [4.69, 9.17) is 11.6 Å². The van der Waals surface area contributed by atoms with Crippen molar-refractivity contribution < 1.29 is 9.59 Å². The molecule has 1 fully saturated rings. The second-order valence-corrected chi connectivity index (χ2v) is 2.93. The van der Waals surface area contributed by atoms with E-state index in [-0.39, 0.29) is 18.0 Å². The number of amides is 2. The van der Waals surface area contributed by atoms with Crippen LogP contribution in [-0.4, -0.2) is 35.8 Å². The molecule has 0 unspecified atom stereocenters. The van der Waals surface area contributed by atoms with Gasteiger partial charge in [-0.15, -0.1) is 11.6 Å². The molecule has 1 rings (SSSR count). The van der Waals surface area contributed by atoms with Crippen LogP contribution in [0.1, 0.15) is 12.8 Å². The summed E-state index contributed by atoms with van der Waals surface area (Å²) in [5.41, 5.74) is 0. The third-order valence-electron chi connectivity index (χ3n) is 1.95. The molecule has 1 atom stereocenters. The Morgan fingerprint density at radius 2 is 2.50 bits per heavy atom. The van der Waals surface area contributed by atoms with Crippen LogP contribution in [0.3, 0.4) is 0 Å². The third-order valence-corrected chi connectivity index (χ3v) is 2.18. The second kappa shape index (κ2) is 4.30. The molecule has 0 aromatic carbocycles. The van der Waals surface area contributed by atoms with E-state index in [0.29, 0.717) is 13.0 Å². The van der Waals surface area contributed by atoms with Crippen LogP contribution in [0.25, 0.3) is 0 Å². The van der Waals surface area contributed by atoms with E-state index in [1.54, 1.807) is 4.90 Å². The van der Waals surface area contributed by atoms with Gasteiger partial charge in [0.2, 0.25) is 12.3 Å². The van der Waals surface area contributed by atoms with Crippen molar-refractivity contribution in [1.29, 1.82) is 0 Å². The third kappa shape index (κ3) is 1.88. The van der Waals surface area contributed by atoms with Crippen molar-refractivity contribution in [3.05, 3.63) is 0 Å². The van der Waals surface area contributed by atoms with E-state index >= 15 is 0 Å². The zero-order chi connectivity index (χ0) is 8.97. The Balaban J connectivity index is 2.50. The first-order chi connectivity index (χ1) is 5.79. The van der Waals surface area contributed by atoms with Crippen LogP contribution in [0.4, 0.5) is 0 Å². The van der Waals surface area contributed by atoms with Crippen LogP contribution >= 0.6 is 11.6 Å². The molecule has 5 heteroatoms. The number of halogens is 1. The predicted octanol–water partition coefficient (Wildman–Crippen LogP) is -0.0803. The molecule has 0 aromatic rings. The molecule has 1 aliphatic heterocycles. The Kier molecular flexibility index (Phi) is 3.34. The van der Waals surface area contributed by atoms with Crippen LogP contribution in [0.15, 0.2) is 0 Å². The molecule has 4 nitrogen and oxygen atoms in total. The molecule has 2 amide bonds. The van der Waals surface area contributed by atoms with Crippen molar-refractivity contribution in [3.63, 3.8) is 0 Å². The van der Waals surface area contributed by atoms with Gasteiger partial charge in [-0.1, -0.05) is 0 Å². The van der Waals surface area contributed by atoms with Gasteiger partial charge in [0.05, 0.1) is 0 Å². The average molecular weight is 191 g/mol. The molecular weight excluding hydrogens is 180 g/mol. The summed E-state index contributed by atoms with van der Waals surface area (Å²) in [5.74, 6) is -0.134. The highest BCUT2D eigenvalue weighted by Crippen LogP contribution is 2.14. The van der Waals surface area contributed by atoms with Gasteiger partial charge in [-0.3, -0.25) is 9.59 Å². The number of nitrogens with zero attached hydrogens (tertiary/aromatic N) is 1. The van der Waals surface area contributed by atoms with Crippen molar-refractivity contribution in [2.75, 3.05) is 12.4 Å². The van der Waals surface area contributed by atoms with Gasteiger partial charge in [-0.25, -0.2) is 0 Å². The fourth-order valence-electron chi connectivity index (χ4n) is 1.39. The standard InChI is InChI=1S/C7H11ClN2O2/c8-4-7(12)10-3-1-2-6(10)9-5-11/h5-6H,1-4H2,(H,9,11)/t6-/m0/s1. The number of hydrogen-bond donors (Lipinski definition) is 1. The van der Waals surface area contributed by atoms with Crippen LogP contribution < -0.4 is 5.32 Å². The lowest BCUT2D eigenvalue weighted by Crippen LogP contribution is -2.44. The van der Waals surface area contributed by atoms with E-state index in [1.165, 1.54) is 0 Å². The van der Waals surface area contributed by atoms with Crippen LogP contribution in [0.2, 0.25) is 0 Å². The maximum absolute atomic E-state index is 11.1. The number of rotatable bonds is 3.